The lowest BCUT2D eigenvalue weighted by atomic mass is 10.1. The Morgan fingerprint density at radius 3 is 2.76 bits per heavy atom. The molecule has 0 saturated heterocycles. The number of rotatable bonds is 2. The molecule has 3 heterocycles. The third-order valence-corrected chi connectivity index (χ3v) is 6.03. The van der Waals surface area contributed by atoms with Gasteiger partial charge >= 0.3 is 0 Å². The average molecular weight is 466 g/mol. The number of anilines is 1. The Balaban J connectivity index is 1.31. The van der Waals surface area contributed by atoms with Crippen molar-refractivity contribution >= 4 is 28.5 Å². The van der Waals surface area contributed by atoms with Crippen molar-refractivity contribution in [2.45, 2.75) is 13.1 Å². The van der Waals surface area contributed by atoms with Gasteiger partial charge in [-0.2, -0.15) is 9.78 Å². The third-order valence-electron chi connectivity index (χ3n) is 5.79. The smallest absolute Gasteiger partial charge is 0.226 e. The molecule has 34 heavy (non-hydrogen) atoms. The number of hydrogen-bond acceptors (Lipinski definition) is 4. The van der Waals surface area contributed by atoms with Crippen LogP contribution in [0, 0.1) is 17.8 Å². The topological polar surface area (TPSA) is 46.8 Å². The summed E-state index contributed by atoms with van der Waals surface area (Å²) >= 11 is 6.14. The second kappa shape index (κ2) is 8.29. The van der Waals surface area contributed by atoms with Gasteiger partial charge in [0.15, 0.2) is 0 Å². The van der Waals surface area contributed by atoms with E-state index in [1.165, 1.54) is 17.7 Å². The maximum atomic E-state index is 14.5. The summed E-state index contributed by atoms with van der Waals surface area (Å²) in [7, 11) is 0. The van der Waals surface area contributed by atoms with E-state index in [2.05, 4.69) is 26.9 Å². The van der Waals surface area contributed by atoms with Crippen molar-refractivity contribution in [2.75, 3.05) is 4.90 Å². The number of halogens is 2. The number of fused-ring (bicyclic) bond motifs is 2. The lowest BCUT2D eigenvalue weighted by Gasteiger charge is -2.15. The maximum absolute atomic E-state index is 14.5. The zero-order valence-corrected chi connectivity index (χ0v) is 18.7. The molecule has 5 aromatic rings. The second-order valence-electron chi connectivity index (χ2n) is 8.09. The largest absolute Gasteiger partial charge is 0.332 e. The first-order valence-electron chi connectivity index (χ1n) is 10.7. The molecule has 3 aromatic carbocycles. The first-order chi connectivity index (χ1) is 16.6. The van der Waals surface area contributed by atoms with Crippen LogP contribution in [-0.2, 0) is 13.1 Å². The van der Waals surface area contributed by atoms with E-state index in [1.54, 1.807) is 23.1 Å². The van der Waals surface area contributed by atoms with Gasteiger partial charge < -0.3 is 4.90 Å². The van der Waals surface area contributed by atoms with Crippen molar-refractivity contribution in [1.82, 2.24) is 19.7 Å². The Hall–Kier alpha value is -4.21. The summed E-state index contributed by atoms with van der Waals surface area (Å²) in [4.78, 5) is 11.2. The van der Waals surface area contributed by atoms with Crippen LogP contribution < -0.4 is 4.90 Å². The van der Waals surface area contributed by atoms with E-state index >= 15 is 0 Å². The molecule has 0 fully saturated rings. The Kier molecular flexibility index (Phi) is 4.97. The van der Waals surface area contributed by atoms with E-state index in [1.807, 2.05) is 48.5 Å². The molecule has 6 rings (SSSR count). The number of benzene rings is 3. The van der Waals surface area contributed by atoms with E-state index in [0.717, 1.165) is 16.5 Å². The van der Waals surface area contributed by atoms with Gasteiger partial charge in [-0.1, -0.05) is 35.9 Å². The van der Waals surface area contributed by atoms with E-state index in [4.69, 9.17) is 16.6 Å². The highest BCUT2D eigenvalue weighted by molar-refractivity contribution is 6.30. The van der Waals surface area contributed by atoms with Crippen LogP contribution in [0.4, 0.5) is 10.3 Å². The molecule has 0 spiro atoms. The van der Waals surface area contributed by atoms with Gasteiger partial charge in [0, 0.05) is 46.9 Å². The molecule has 7 heteroatoms. The van der Waals surface area contributed by atoms with Crippen LogP contribution in [0.3, 0.4) is 0 Å². The highest BCUT2D eigenvalue weighted by Crippen LogP contribution is 2.29. The van der Waals surface area contributed by atoms with E-state index in [9.17, 15) is 4.39 Å². The fourth-order valence-corrected chi connectivity index (χ4v) is 4.35. The van der Waals surface area contributed by atoms with E-state index in [0.29, 0.717) is 40.9 Å². The van der Waals surface area contributed by atoms with Crippen molar-refractivity contribution in [3.63, 3.8) is 0 Å². The van der Waals surface area contributed by atoms with Crippen LogP contribution >= 0.6 is 11.6 Å². The molecule has 1 aliphatic rings. The Morgan fingerprint density at radius 1 is 0.941 bits per heavy atom. The minimum absolute atomic E-state index is 0.379. The highest BCUT2D eigenvalue weighted by atomic mass is 35.5. The van der Waals surface area contributed by atoms with Gasteiger partial charge in [-0.15, -0.1) is 0 Å². The fraction of sp³-hybridized carbons (Fsp3) is 0.0741. The molecule has 0 aliphatic carbocycles. The summed E-state index contributed by atoms with van der Waals surface area (Å²) in [5, 5.41) is 6.02. The van der Waals surface area contributed by atoms with E-state index < -0.39 is 0 Å². The lowest BCUT2D eigenvalue weighted by Crippen LogP contribution is -2.17. The van der Waals surface area contributed by atoms with Crippen LogP contribution in [0.2, 0.25) is 5.02 Å². The number of nitrogens with zero attached hydrogens (tertiary/aromatic N) is 5. The van der Waals surface area contributed by atoms with Crippen molar-refractivity contribution in [2.24, 2.45) is 0 Å². The van der Waals surface area contributed by atoms with Gasteiger partial charge in [0.2, 0.25) is 5.95 Å². The Morgan fingerprint density at radius 2 is 1.82 bits per heavy atom. The minimum Gasteiger partial charge on any atom is -0.332 e. The van der Waals surface area contributed by atoms with Gasteiger partial charge in [0.05, 0.1) is 17.4 Å². The summed E-state index contributed by atoms with van der Waals surface area (Å²) in [6, 6.07) is 23.2. The van der Waals surface area contributed by atoms with Crippen LogP contribution in [0.5, 0.6) is 0 Å². The van der Waals surface area contributed by atoms with Crippen molar-refractivity contribution < 1.29 is 4.39 Å². The summed E-state index contributed by atoms with van der Waals surface area (Å²) < 4.78 is 16.1. The van der Waals surface area contributed by atoms with Crippen LogP contribution in [-0.4, -0.2) is 19.7 Å². The van der Waals surface area contributed by atoms with Gasteiger partial charge in [-0.3, -0.25) is 0 Å². The summed E-state index contributed by atoms with van der Waals surface area (Å²) in [5.74, 6) is 3.23. The van der Waals surface area contributed by atoms with Gasteiger partial charge in [-0.05, 0) is 59.5 Å². The number of aromatic nitrogens is 4. The predicted molar refractivity (Wildman–Crippen MR) is 131 cm³/mol. The molecule has 2 aromatic heterocycles. The van der Waals surface area contributed by atoms with Crippen molar-refractivity contribution in [3.05, 3.63) is 107 Å². The third kappa shape index (κ3) is 3.87. The minimum atomic E-state index is -0.379. The number of hydrogen-bond donors (Lipinski definition) is 0. The molecular formula is C27H17ClFN5. The van der Waals surface area contributed by atoms with Gasteiger partial charge in [-0.25, -0.2) is 14.4 Å². The molecule has 0 unspecified atom stereocenters. The summed E-state index contributed by atoms with van der Waals surface area (Å²) in [5.41, 5.74) is 5.07. The lowest BCUT2D eigenvalue weighted by molar-refractivity contribution is 0.628. The van der Waals surface area contributed by atoms with Crippen LogP contribution in [0.1, 0.15) is 16.7 Å². The first-order valence-corrected chi connectivity index (χ1v) is 11.1. The molecule has 5 nitrogen and oxygen atoms in total. The normalized spacial score (nSPS) is 12.5. The monoisotopic (exact) mass is 465 g/mol. The Labute approximate surface area is 200 Å². The fourth-order valence-electron chi connectivity index (χ4n) is 4.15. The summed E-state index contributed by atoms with van der Waals surface area (Å²) in [6.07, 6.45) is 3.45. The molecule has 0 bridgehead atoms. The Bertz CT molecular complexity index is 1610. The SMILES string of the molecule is Fc1cc(C#Cn2ncc3ccccc32)cc(-c2ccnc(N3Cc4ccc(Cl)cc4C3)n2)c1. The van der Waals surface area contributed by atoms with Crippen molar-refractivity contribution in [1.29, 1.82) is 0 Å². The molecule has 0 amide bonds. The van der Waals surface area contributed by atoms with Crippen molar-refractivity contribution in [3.8, 4) is 23.2 Å². The van der Waals surface area contributed by atoms with E-state index in [-0.39, 0.29) is 5.82 Å². The number of para-hydroxylation sites is 1. The molecule has 1 aliphatic heterocycles. The second-order valence-corrected chi connectivity index (χ2v) is 8.53. The molecule has 0 atom stereocenters. The molecule has 164 valence electrons. The van der Waals surface area contributed by atoms with Crippen LogP contribution in [0.25, 0.3) is 22.2 Å². The van der Waals surface area contributed by atoms with Gasteiger partial charge in [0.1, 0.15) is 5.82 Å². The maximum Gasteiger partial charge on any atom is 0.226 e. The predicted octanol–water partition coefficient (Wildman–Crippen LogP) is 5.66. The standard InChI is InChI=1S/C27H17ClFN5/c28-23-6-5-20-16-33(17-22(20)13-23)27-30-9-7-25(32-27)21-11-18(12-24(29)14-21)8-10-34-26-4-2-1-3-19(26)15-31-34/h1-7,9,11-15H,16-17H2. The quantitative estimate of drug-likeness (QED) is 0.315. The molecular weight excluding hydrogens is 449 g/mol. The van der Waals surface area contributed by atoms with Gasteiger partial charge in [0.25, 0.3) is 0 Å². The zero-order valence-electron chi connectivity index (χ0n) is 17.9. The molecule has 0 N–H and O–H groups in total. The zero-order chi connectivity index (χ0) is 23.1. The highest BCUT2D eigenvalue weighted by Gasteiger charge is 2.21. The molecule has 0 radical (unpaired) electrons. The molecule has 0 saturated carbocycles. The first kappa shape index (κ1) is 20.4. The average Bonchev–Trinajstić information content (AvgIpc) is 3.46. The summed E-state index contributed by atoms with van der Waals surface area (Å²) in [6.45, 7) is 1.38. The van der Waals surface area contributed by atoms with Crippen LogP contribution in [0.15, 0.2) is 79.1 Å².